The summed E-state index contributed by atoms with van der Waals surface area (Å²) in [5, 5.41) is 7.83. The number of anilines is 1. The summed E-state index contributed by atoms with van der Waals surface area (Å²) in [5.41, 5.74) is 4.45. The average Bonchev–Trinajstić information content (AvgIpc) is 3.14. The number of amides is 3. The second-order valence-electron chi connectivity index (χ2n) is 5.93. The Kier molecular flexibility index (Phi) is 5.14. The molecule has 0 spiro atoms. The molecule has 3 amide bonds. The molecule has 1 atom stereocenters. The topological polar surface area (TPSA) is 139 Å². The van der Waals surface area contributed by atoms with Crippen LogP contribution in [0.4, 0.5) is 10.2 Å². The molecule has 9 nitrogen and oxygen atoms in total. The maximum Gasteiger partial charge on any atom is 0.267 e. The Balaban J connectivity index is 1.85. The van der Waals surface area contributed by atoms with Crippen LogP contribution in [0.5, 0.6) is 0 Å². The van der Waals surface area contributed by atoms with Gasteiger partial charge in [-0.15, -0.1) is 0 Å². The number of aromatic nitrogens is 1. The molecular weight excluding hydrogens is 367 g/mol. The van der Waals surface area contributed by atoms with Crippen molar-refractivity contribution in [3.8, 4) is 0 Å². The predicted octanol–water partition coefficient (Wildman–Crippen LogP) is -0.0987. The molecule has 10 heteroatoms. The largest absolute Gasteiger partial charge is 0.367 e. The van der Waals surface area contributed by atoms with Gasteiger partial charge in [0, 0.05) is 24.4 Å². The van der Waals surface area contributed by atoms with Crippen LogP contribution < -0.4 is 21.7 Å². The number of nitrogens with two attached hydrogens (primary N) is 1. The summed E-state index contributed by atoms with van der Waals surface area (Å²) in [5.74, 6) is -2.08. The van der Waals surface area contributed by atoms with Crippen molar-refractivity contribution < 1.29 is 18.8 Å². The molecule has 1 unspecified atom stereocenters. The van der Waals surface area contributed by atoms with Gasteiger partial charge >= 0.3 is 0 Å². The van der Waals surface area contributed by atoms with Crippen molar-refractivity contribution in [2.45, 2.75) is 5.54 Å². The number of carbonyl (C=O) groups excluding carboxylic acids is 3. The van der Waals surface area contributed by atoms with E-state index in [1.807, 2.05) is 0 Å². The number of halogens is 1. The molecule has 0 saturated heterocycles. The fourth-order valence-electron chi connectivity index (χ4n) is 2.86. The van der Waals surface area contributed by atoms with E-state index >= 15 is 0 Å². The van der Waals surface area contributed by atoms with Crippen molar-refractivity contribution >= 4 is 29.3 Å². The van der Waals surface area contributed by atoms with Gasteiger partial charge in [0.05, 0.1) is 6.67 Å². The summed E-state index contributed by atoms with van der Waals surface area (Å²) in [6.45, 7) is 0.0365. The lowest BCUT2D eigenvalue weighted by atomic mass is 9.85. The van der Waals surface area contributed by atoms with Crippen LogP contribution >= 0.6 is 0 Å². The van der Waals surface area contributed by atoms with E-state index in [4.69, 9.17) is 5.73 Å². The maximum absolute atomic E-state index is 13.0. The molecule has 2 heterocycles. The van der Waals surface area contributed by atoms with E-state index in [0.29, 0.717) is 5.56 Å². The molecule has 0 bridgehead atoms. The number of hydrogen-bond donors (Lipinski definition) is 4. The first-order valence-corrected chi connectivity index (χ1v) is 8.24. The molecule has 0 aliphatic carbocycles. The second-order valence-corrected chi connectivity index (χ2v) is 5.93. The van der Waals surface area contributed by atoms with Crippen molar-refractivity contribution in [3.63, 3.8) is 0 Å². The number of pyridine rings is 1. The highest BCUT2D eigenvalue weighted by Gasteiger charge is 2.49. The molecule has 5 N–H and O–H groups in total. The Morgan fingerprint density at radius 1 is 1.14 bits per heavy atom. The third kappa shape index (κ3) is 3.32. The highest BCUT2D eigenvalue weighted by Crippen LogP contribution is 2.27. The van der Waals surface area contributed by atoms with Crippen molar-refractivity contribution in [3.05, 3.63) is 59.5 Å². The third-order valence-electron chi connectivity index (χ3n) is 4.29. The first kappa shape index (κ1) is 19.1. The van der Waals surface area contributed by atoms with Crippen LogP contribution in [0.25, 0.3) is 0 Å². The number of nitrogens with zero attached hydrogens (tertiary/aromatic N) is 2. The maximum atomic E-state index is 13.0. The second kappa shape index (κ2) is 7.53. The number of hydrogen-bond acceptors (Lipinski definition) is 6. The highest BCUT2D eigenvalue weighted by atomic mass is 19.1. The van der Waals surface area contributed by atoms with Crippen molar-refractivity contribution in [2.24, 2.45) is 10.7 Å². The third-order valence-corrected chi connectivity index (χ3v) is 4.29. The lowest BCUT2D eigenvalue weighted by molar-refractivity contribution is -0.123. The van der Waals surface area contributed by atoms with E-state index in [1.165, 1.54) is 49.6 Å². The molecule has 1 aliphatic heterocycles. The monoisotopic (exact) mass is 384 g/mol. The minimum atomic E-state index is -1.62. The number of rotatable bonds is 5. The molecule has 0 radical (unpaired) electrons. The zero-order chi connectivity index (χ0) is 20.3. The van der Waals surface area contributed by atoms with Gasteiger partial charge in [-0.2, -0.15) is 0 Å². The molecule has 28 heavy (non-hydrogen) atoms. The average molecular weight is 384 g/mol. The van der Waals surface area contributed by atoms with E-state index in [9.17, 15) is 18.8 Å². The lowest BCUT2D eigenvalue weighted by Crippen LogP contribution is -2.58. The van der Waals surface area contributed by atoms with Gasteiger partial charge in [-0.25, -0.2) is 9.37 Å². The number of aliphatic imine (C=N–C) groups is 1. The van der Waals surface area contributed by atoms with Gasteiger partial charge in [-0.05, 0) is 30.3 Å². The standard InChI is InChI=1S/C18H17FN6O3/c1-21-16(27)14-18(17(20)28,24-9-23-14)11-4-7-13(22-8-11)25-15(26)10-2-5-12(19)6-3-10/h2-8,24H,9H2,1H3,(H2,20,28)(H,21,27)(H,22,25,26). The molecule has 2 aromatic rings. The number of nitrogens with one attached hydrogen (secondary N) is 3. The molecule has 0 saturated carbocycles. The summed E-state index contributed by atoms with van der Waals surface area (Å²) in [6, 6.07) is 8.00. The van der Waals surface area contributed by atoms with Gasteiger partial charge in [-0.1, -0.05) is 6.07 Å². The van der Waals surface area contributed by atoms with Crippen LogP contribution in [0.15, 0.2) is 47.6 Å². The Labute approximate surface area is 159 Å². The van der Waals surface area contributed by atoms with Gasteiger partial charge in [0.1, 0.15) is 17.3 Å². The molecule has 1 aromatic carbocycles. The summed E-state index contributed by atoms with van der Waals surface area (Å²) in [6.07, 6.45) is 1.32. The normalized spacial score (nSPS) is 18.3. The van der Waals surface area contributed by atoms with Gasteiger partial charge in [0.15, 0.2) is 5.54 Å². The molecule has 0 fully saturated rings. The van der Waals surface area contributed by atoms with Crippen molar-refractivity contribution in [2.75, 3.05) is 19.0 Å². The summed E-state index contributed by atoms with van der Waals surface area (Å²) >= 11 is 0. The van der Waals surface area contributed by atoms with E-state index in [0.717, 1.165) is 0 Å². The Hall–Kier alpha value is -3.66. The van der Waals surface area contributed by atoms with Crippen LogP contribution in [0.3, 0.4) is 0 Å². The first-order valence-electron chi connectivity index (χ1n) is 8.24. The molecule has 3 rings (SSSR count). The Bertz CT molecular complexity index is 958. The van der Waals surface area contributed by atoms with Crippen molar-refractivity contribution in [1.29, 1.82) is 0 Å². The van der Waals surface area contributed by atoms with E-state index in [-0.39, 0.29) is 23.8 Å². The van der Waals surface area contributed by atoms with Crippen LogP contribution in [-0.2, 0) is 15.1 Å². The zero-order valence-electron chi connectivity index (χ0n) is 14.8. The summed E-state index contributed by atoms with van der Waals surface area (Å²) in [7, 11) is 1.42. The smallest absolute Gasteiger partial charge is 0.267 e. The lowest BCUT2D eigenvalue weighted by Gasteiger charge is -2.27. The van der Waals surface area contributed by atoms with Crippen LogP contribution in [-0.4, -0.2) is 42.1 Å². The molecule has 1 aliphatic rings. The predicted molar refractivity (Wildman–Crippen MR) is 99.0 cm³/mol. The minimum absolute atomic E-state index is 0.0365. The van der Waals surface area contributed by atoms with E-state index in [2.05, 4.69) is 25.9 Å². The Morgan fingerprint density at radius 3 is 2.43 bits per heavy atom. The fourth-order valence-corrected chi connectivity index (χ4v) is 2.86. The minimum Gasteiger partial charge on any atom is -0.367 e. The Morgan fingerprint density at radius 2 is 1.86 bits per heavy atom. The fraction of sp³-hybridized carbons (Fsp3) is 0.167. The molecular formula is C18H17FN6O3. The molecule has 1 aromatic heterocycles. The quantitative estimate of drug-likeness (QED) is 0.570. The van der Waals surface area contributed by atoms with Gasteiger partial charge in [0.2, 0.25) is 5.91 Å². The summed E-state index contributed by atoms with van der Waals surface area (Å²) < 4.78 is 13.0. The first-order chi connectivity index (χ1) is 13.4. The number of benzene rings is 1. The number of carbonyl (C=O) groups is 3. The van der Waals surface area contributed by atoms with Gasteiger partial charge in [0.25, 0.3) is 11.8 Å². The molecule has 144 valence electrons. The SMILES string of the molecule is CNC(=O)C1=NCNC1(C(N)=O)c1ccc(NC(=O)c2ccc(F)cc2)nc1. The van der Waals surface area contributed by atoms with E-state index in [1.54, 1.807) is 0 Å². The van der Waals surface area contributed by atoms with Gasteiger partial charge in [-0.3, -0.25) is 24.7 Å². The van der Waals surface area contributed by atoms with E-state index < -0.39 is 29.1 Å². The van der Waals surface area contributed by atoms with Crippen molar-refractivity contribution in [1.82, 2.24) is 15.6 Å². The van der Waals surface area contributed by atoms with Gasteiger partial charge < -0.3 is 16.4 Å². The zero-order valence-corrected chi connectivity index (χ0v) is 14.8. The summed E-state index contributed by atoms with van der Waals surface area (Å²) in [4.78, 5) is 44.6. The van der Waals surface area contributed by atoms with Crippen LogP contribution in [0, 0.1) is 5.82 Å². The van der Waals surface area contributed by atoms with Crippen LogP contribution in [0.2, 0.25) is 0 Å². The highest BCUT2D eigenvalue weighted by molar-refractivity contribution is 6.47. The van der Waals surface area contributed by atoms with Crippen LogP contribution in [0.1, 0.15) is 15.9 Å². The number of primary amides is 1.